The molecule has 0 saturated heterocycles. The van der Waals surface area contributed by atoms with E-state index >= 15 is 0 Å². The van der Waals surface area contributed by atoms with E-state index in [1.807, 2.05) is 58.5 Å². The number of benzene rings is 1. The monoisotopic (exact) mass is 579 g/mol. The van der Waals surface area contributed by atoms with Crippen LogP contribution in [-0.4, -0.2) is 94.4 Å². The number of ether oxygens (including phenoxy) is 1. The van der Waals surface area contributed by atoms with Crippen LogP contribution in [0.3, 0.4) is 0 Å². The van der Waals surface area contributed by atoms with Crippen LogP contribution < -0.4 is 10.1 Å². The normalized spacial score (nSPS) is 11.7. The van der Waals surface area contributed by atoms with E-state index in [9.17, 15) is 4.39 Å². The van der Waals surface area contributed by atoms with Gasteiger partial charge in [-0.25, -0.2) is 4.39 Å². The van der Waals surface area contributed by atoms with Crippen molar-refractivity contribution in [2.45, 2.75) is 0 Å². The van der Waals surface area contributed by atoms with Crippen molar-refractivity contribution in [2.75, 3.05) is 59.7 Å². The maximum atomic E-state index is 14.7. The van der Waals surface area contributed by atoms with Gasteiger partial charge in [-0.2, -0.15) is 5.10 Å². The molecule has 3 N–H and O–H groups in total. The highest BCUT2D eigenvalue weighted by Crippen LogP contribution is 2.35. The van der Waals surface area contributed by atoms with Gasteiger partial charge in [0, 0.05) is 65.1 Å². The van der Waals surface area contributed by atoms with Gasteiger partial charge in [-0.05, 0) is 70.7 Å². The van der Waals surface area contributed by atoms with Gasteiger partial charge in [0.2, 0.25) is 0 Å². The number of aromatic nitrogens is 6. The third kappa shape index (κ3) is 6.32. The summed E-state index contributed by atoms with van der Waals surface area (Å²) in [6.45, 7) is 2.91. The molecule has 0 atom stereocenters. The topological polar surface area (TPSA) is 111 Å². The number of fused-ring (bicyclic) bond motifs is 2. The van der Waals surface area contributed by atoms with Crippen molar-refractivity contribution in [3.63, 3.8) is 0 Å². The number of aromatic amines is 2. The van der Waals surface area contributed by atoms with Crippen molar-refractivity contribution in [1.29, 1.82) is 0 Å². The second-order valence-electron chi connectivity index (χ2n) is 11.0. The molecular weight excluding hydrogens is 545 g/mol. The predicted octanol–water partition coefficient (Wildman–Crippen LogP) is 5.28. The lowest BCUT2D eigenvalue weighted by molar-refractivity contribution is 0.261. The van der Waals surface area contributed by atoms with Crippen molar-refractivity contribution in [3.05, 3.63) is 73.1 Å². The Bertz CT molecular complexity index is 1880. The van der Waals surface area contributed by atoms with E-state index in [-0.39, 0.29) is 5.82 Å². The summed E-state index contributed by atoms with van der Waals surface area (Å²) in [5, 5.41) is 12.8. The summed E-state index contributed by atoms with van der Waals surface area (Å²) in [7, 11) is 8.02. The number of rotatable bonds is 11. The molecule has 0 spiro atoms. The molecule has 0 amide bonds. The number of likely N-dealkylation sites (N-methyl/N-ethyl adjacent to an activating group) is 2. The number of nitrogens with zero attached hydrogens (tertiary/aromatic N) is 6. The van der Waals surface area contributed by atoms with Gasteiger partial charge in [0.15, 0.2) is 0 Å². The minimum Gasteiger partial charge on any atom is -0.491 e. The molecule has 0 bridgehead atoms. The van der Waals surface area contributed by atoms with Crippen molar-refractivity contribution in [1.82, 2.24) is 39.9 Å². The molecule has 5 heterocycles. The third-order valence-electron chi connectivity index (χ3n) is 7.13. The summed E-state index contributed by atoms with van der Waals surface area (Å²) in [6, 6.07) is 12.8. The Morgan fingerprint density at radius 3 is 2.51 bits per heavy atom. The number of hydrogen-bond acceptors (Lipinski definition) is 8. The van der Waals surface area contributed by atoms with E-state index in [1.165, 1.54) is 12.1 Å². The molecule has 0 unspecified atom stereocenters. The second-order valence-corrected chi connectivity index (χ2v) is 11.0. The van der Waals surface area contributed by atoms with Crippen LogP contribution in [-0.2, 0) is 0 Å². The average molecular weight is 580 g/mol. The smallest absolute Gasteiger partial charge is 0.138 e. The van der Waals surface area contributed by atoms with Gasteiger partial charge in [0.05, 0.1) is 35.0 Å². The SMILES string of the molecule is CN(C)CCNc1cc(F)cc(-c2nccc3[nH]c(-c4n[nH]c5cnc(-c6cncc(OCCN(C)C)c6)cc45)cc23)c1. The highest BCUT2D eigenvalue weighted by Gasteiger charge is 2.16. The minimum absolute atomic E-state index is 0.320. The van der Waals surface area contributed by atoms with Crippen molar-refractivity contribution >= 4 is 27.5 Å². The van der Waals surface area contributed by atoms with Gasteiger partial charge in [0.1, 0.15) is 23.9 Å². The van der Waals surface area contributed by atoms with Gasteiger partial charge >= 0.3 is 0 Å². The fourth-order valence-electron chi connectivity index (χ4n) is 4.93. The van der Waals surface area contributed by atoms with E-state index in [1.54, 1.807) is 24.8 Å². The zero-order chi connectivity index (χ0) is 29.9. The molecule has 5 aromatic heterocycles. The molecular formula is C32H34FN9O. The summed E-state index contributed by atoms with van der Waals surface area (Å²) in [5.74, 6) is 0.372. The third-order valence-corrected chi connectivity index (χ3v) is 7.13. The molecule has 1 aromatic carbocycles. The highest BCUT2D eigenvalue weighted by molar-refractivity contribution is 6.00. The fourth-order valence-corrected chi connectivity index (χ4v) is 4.93. The largest absolute Gasteiger partial charge is 0.491 e. The molecule has 11 heteroatoms. The summed E-state index contributed by atoms with van der Waals surface area (Å²) >= 11 is 0. The van der Waals surface area contributed by atoms with Crippen molar-refractivity contribution in [2.24, 2.45) is 0 Å². The van der Waals surface area contributed by atoms with Crippen LogP contribution in [0.25, 0.3) is 55.7 Å². The van der Waals surface area contributed by atoms with Gasteiger partial charge in [0.25, 0.3) is 0 Å². The molecule has 6 rings (SSSR count). The Morgan fingerprint density at radius 2 is 1.67 bits per heavy atom. The van der Waals surface area contributed by atoms with Crippen LogP contribution in [0.5, 0.6) is 5.75 Å². The molecule has 220 valence electrons. The summed E-state index contributed by atoms with van der Waals surface area (Å²) in [4.78, 5) is 21.3. The number of nitrogens with one attached hydrogen (secondary N) is 3. The quantitative estimate of drug-likeness (QED) is 0.190. The van der Waals surface area contributed by atoms with Crippen LogP contribution in [0, 0.1) is 5.82 Å². The summed E-state index contributed by atoms with van der Waals surface area (Å²) < 4.78 is 20.6. The van der Waals surface area contributed by atoms with Gasteiger partial charge in [-0.3, -0.25) is 20.1 Å². The van der Waals surface area contributed by atoms with Gasteiger partial charge in [-0.1, -0.05) is 0 Å². The first-order chi connectivity index (χ1) is 20.8. The summed E-state index contributed by atoms with van der Waals surface area (Å²) in [6.07, 6.45) is 6.98. The van der Waals surface area contributed by atoms with Crippen LogP contribution >= 0.6 is 0 Å². The van der Waals surface area contributed by atoms with Crippen molar-refractivity contribution < 1.29 is 9.13 Å². The van der Waals surface area contributed by atoms with E-state index in [4.69, 9.17) is 4.74 Å². The lowest BCUT2D eigenvalue weighted by Crippen LogP contribution is -2.20. The first kappa shape index (κ1) is 28.3. The fraction of sp³-hybridized carbons (Fsp3) is 0.250. The van der Waals surface area contributed by atoms with Crippen LogP contribution in [0.2, 0.25) is 0 Å². The Labute approximate surface area is 248 Å². The Balaban J connectivity index is 1.33. The number of hydrogen-bond donors (Lipinski definition) is 3. The maximum absolute atomic E-state index is 14.7. The van der Waals surface area contributed by atoms with Crippen LogP contribution in [0.1, 0.15) is 0 Å². The molecule has 0 aliphatic carbocycles. The molecule has 0 fully saturated rings. The average Bonchev–Trinajstić information content (AvgIpc) is 3.60. The molecule has 0 aliphatic heterocycles. The van der Waals surface area contributed by atoms with E-state index < -0.39 is 0 Å². The standard InChI is InChI=1S/C32H34FN9O/c1-41(2)8-7-35-23-12-20(11-22(33)14-23)31-25-16-29(38-27(25)5-6-36-31)32-26-15-28(37-19-30(26)39-40-32)21-13-24(18-34-17-21)43-10-9-42(3)4/h5-6,11-19,35,38H,7-10H2,1-4H3,(H,39,40). The lowest BCUT2D eigenvalue weighted by Gasteiger charge is -2.12. The van der Waals surface area contributed by atoms with E-state index in [0.717, 1.165) is 57.5 Å². The number of anilines is 1. The van der Waals surface area contributed by atoms with Crippen LogP contribution in [0.4, 0.5) is 10.1 Å². The van der Waals surface area contributed by atoms with Gasteiger partial charge < -0.3 is 24.8 Å². The molecule has 0 saturated carbocycles. The molecule has 0 radical (unpaired) electrons. The molecule has 10 nitrogen and oxygen atoms in total. The first-order valence-electron chi connectivity index (χ1n) is 14.1. The molecule has 43 heavy (non-hydrogen) atoms. The zero-order valence-electron chi connectivity index (χ0n) is 24.6. The number of halogens is 1. The summed E-state index contributed by atoms with van der Waals surface area (Å²) in [5.41, 5.74) is 6.95. The Morgan fingerprint density at radius 1 is 0.837 bits per heavy atom. The Kier molecular flexibility index (Phi) is 7.99. The Hall–Kier alpha value is -4.87. The molecule has 6 aromatic rings. The maximum Gasteiger partial charge on any atom is 0.138 e. The van der Waals surface area contributed by atoms with E-state index in [0.29, 0.717) is 35.8 Å². The highest BCUT2D eigenvalue weighted by atomic mass is 19.1. The number of H-pyrrole nitrogens is 2. The van der Waals surface area contributed by atoms with E-state index in [2.05, 4.69) is 45.2 Å². The number of pyridine rings is 3. The minimum atomic E-state index is -0.320. The predicted molar refractivity (Wildman–Crippen MR) is 169 cm³/mol. The van der Waals surface area contributed by atoms with Crippen LogP contribution in [0.15, 0.2) is 67.3 Å². The van der Waals surface area contributed by atoms with Crippen molar-refractivity contribution in [3.8, 4) is 39.7 Å². The zero-order valence-corrected chi connectivity index (χ0v) is 24.6. The second kappa shape index (κ2) is 12.2. The molecule has 0 aliphatic rings. The lowest BCUT2D eigenvalue weighted by atomic mass is 10.1. The first-order valence-corrected chi connectivity index (χ1v) is 14.1. The van der Waals surface area contributed by atoms with Gasteiger partial charge in [-0.15, -0.1) is 0 Å².